The monoisotopic (exact) mass is 291 g/mol. The summed E-state index contributed by atoms with van der Waals surface area (Å²) in [6.07, 6.45) is 0.0628. The van der Waals surface area contributed by atoms with Crippen LogP contribution in [0.25, 0.3) is 0 Å². The maximum atomic E-state index is 12.2. The third-order valence-corrected chi connectivity index (χ3v) is 3.98. The molecule has 5 heteroatoms. The zero-order valence-corrected chi connectivity index (χ0v) is 12.8. The molecule has 0 bridgehead atoms. The molecular weight excluding hydrogens is 266 g/mol. The lowest BCUT2D eigenvalue weighted by Crippen LogP contribution is -2.47. The van der Waals surface area contributed by atoms with Crippen molar-refractivity contribution in [2.24, 2.45) is 11.7 Å². The van der Waals surface area contributed by atoms with Crippen LogP contribution in [0.1, 0.15) is 18.5 Å². The van der Waals surface area contributed by atoms with Gasteiger partial charge in [0.15, 0.2) is 0 Å². The van der Waals surface area contributed by atoms with Gasteiger partial charge in [0, 0.05) is 25.7 Å². The van der Waals surface area contributed by atoms with Crippen molar-refractivity contribution in [2.45, 2.75) is 19.1 Å². The molecule has 1 heterocycles. The van der Waals surface area contributed by atoms with Crippen LogP contribution >= 0.6 is 0 Å². The molecule has 3 unspecified atom stereocenters. The normalized spacial score (nSPS) is 22.5. The minimum absolute atomic E-state index is 0.0248. The maximum Gasteiger partial charge on any atom is 0.224 e. The summed E-state index contributed by atoms with van der Waals surface area (Å²) in [5.41, 5.74) is 7.15. The molecule has 0 saturated carbocycles. The third-order valence-electron chi connectivity index (χ3n) is 3.98. The topological polar surface area (TPSA) is 67.6 Å². The molecule has 1 aliphatic rings. The second kappa shape index (κ2) is 7.54. The fourth-order valence-electron chi connectivity index (χ4n) is 2.49. The molecule has 116 valence electrons. The number of nitrogens with two attached hydrogens (primary N) is 1. The molecule has 1 aromatic carbocycles. The van der Waals surface area contributed by atoms with Gasteiger partial charge in [-0.25, -0.2) is 0 Å². The first-order valence-electron chi connectivity index (χ1n) is 7.46. The quantitative estimate of drug-likeness (QED) is 0.841. The Labute approximate surface area is 126 Å². The van der Waals surface area contributed by atoms with E-state index in [-0.39, 0.29) is 24.0 Å². The van der Waals surface area contributed by atoms with E-state index in [9.17, 15) is 4.79 Å². The minimum Gasteiger partial charge on any atom is -0.374 e. The number of benzene rings is 1. The molecule has 1 aliphatic heterocycles. The van der Waals surface area contributed by atoms with Gasteiger partial charge in [0.1, 0.15) is 0 Å². The van der Waals surface area contributed by atoms with Crippen molar-refractivity contribution in [1.82, 2.24) is 10.2 Å². The van der Waals surface area contributed by atoms with Gasteiger partial charge >= 0.3 is 0 Å². The zero-order valence-electron chi connectivity index (χ0n) is 12.8. The van der Waals surface area contributed by atoms with Gasteiger partial charge in [0.2, 0.25) is 5.91 Å². The van der Waals surface area contributed by atoms with Gasteiger partial charge in [-0.15, -0.1) is 0 Å². The zero-order chi connectivity index (χ0) is 15.2. The molecule has 3 N–H and O–H groups in total. The highest BCUT2D eigenvalue weighted by Crippen LogP contribution is 2.19. The number of nitrogens with one attached hydrogen (secondary N) is 1. The Hall–Kier alpha value is -1.43. The number of amides is 1. The molecule has 1 amide bonds. The molecule has 0 aliphatic carbocycles. The number of morpholine rings is 1. The van der Waals surface area contributed by atoms with E-state index in [1.54, 1.807) is 0 Å². The fourth-order valence-corrected chi connectivity index (χ4v) is 2.49. The van der Waals surface area contributed by atoms with Gasteiger partial charge in [-0.1, -0.05) is 37.3 Å². The van der Waals surface area contributed by atoms with Gasteiger partial charge in [0.05, 0.1) is 18.6 Å². The SMILES string of the molecule is CC(C(=O)NCC1CN(C)CCO1)C(N)c1ccccc1. The molecule has 0 aromatic heterocycles. The van der Waals surface area contributed by atoms with E-state index in [0.29, 0.717) is 6.54 Å². The van der Waals surface area contributed by atoms with E-state index in [0.717, 1.165) is 25.3 Å². The van der Waals surface area contributed by atoms with Crippen molar-refractivity contribution in [3.05, 3.63) is 35.9 Å². The molecule has 0 spiro atoms. The maximum absolute atomic E-state index is 12.2. The lowest BCUT2D eigenvalue weighted by Gasteiger charge is -2.30. The Morgan fingerprint density at radius 2 is 2.19 bits per heavy atom. The number of carbonyl (C=O) groups is 1. The molecule has 1 saturated heterocycles. The van der Waals surface area contributed by atoms with Crippen LogP contribution in [-0.4, -0.2) is 50.2 Å². The van der Waals surface area contributed by atoms with Gasteiger partial charge in [-0.3, -0.25) is 4.79 Å². The highest BCUT2D eigenvalue weighted by molar-refractivity contribution is 5.79. The Morgan fingerprint density at radius 3 is 2.86 bits per heavy atom. The van der Waals surface area contributed by atoms with Gasteiger partial charge in [-0.05, 0) is 12.6 Å². The smallest absolute Gasteiger partial charge is 0.224 e. The van der Waals surface area contributed by atoms with E-state index >= 15 is 0 Å². The van der Waals surface area contributed by atoms with E-state index in [4.69, 9.17) is 10.5 Å². The number of ether oxygens (including phenoxy) is 1. The molecule has 21 heavy (non-hydrogen) atoms. The van der Waals surface area contributed by atoms with Crippen molar-refractivity contribution in [3.63, 3.8) is 0 Å². The summed E-state index contributed by atoms with van der Waals surface area (Å²) in [5, 5.41) is 2.95. The first-order chi connectivity index (χ1) is 10.1. The number of hydrogen-bond acceptors (Lipinski definition) is 4. The van der Waals surface area contributed by atoms with Crippen LogP contribution < -0.4 is 11.1 Å². The van der Waals surface area contributed by atoms with Crippen LogP contribution in [0.15, 0.2) is 30.3 Å². The van der Waals surface area contributed by atoms with Crippen molar-refractivity contribution >= 4 is 5.91 Å². The van der Waals surface area contributed by atoms with Gasteiger partial charge in [-0.2, -0.15) is 0 Å². The summed E-state index contributed by atoms with van der Waals surface area (Å²) < 4.78 is 5.64. The first kappa shape index (κ1) is 15.9. The Kier molecular flexibility index (Phi) is 5.73. The van der Waals surface area contributed by atoms with Crippen LogP contribution in [0, 0.1) is 5.92 Å². The number of rotatable bonds is 5. The van der Waals surface area contributed by atoms with Crippen molar-refractivity contribution in [1.29, 1.82) is 0 Å². The van der Waals surface area contributed by atoms with Crippen molar-refractivity contribution < 1.29 is 9.53 Å². The average molecular weight is 291 g/mol. The fraction of sp³-hybridized carbons (Fsp3) is 0.562. The Balaban J connectivity index is 1.82. The number of likely N-dealkylation sites (N-methyl/N-ethyl adjacent to an activating group) is 1. The number of hydrogen-bond donors (Lipinski definition) is 2. The van der Waals surface area contributed by atoms with Crippen LogP contribution in [0.5, 0.6) is 0 Å². The molecule has 2 rings (SSSR count). The average Bonchev–Trinajstić information content (AvgIpc) is 2.52. The van der Waals surface area contributed by atoms with Gasteiger partial charge < -0.3 is 20.7 Å². The molecule has 1 fully saturated rings. The molecule has 3 atom stereocenters. The number of carbonyl (C=O) groups excluding carboxylic acids is 1. The summed E-state index contributed by atoms with van der Waals surface area (Å²) in [7, 11) is 2.06. The van der Waals surface area contributed by atoms with E-state index in [2.05, 4.69) is 17.3 Å². The molecule has 1 aromatic rings. The highest BCUT2D eigenvalue weighted by atomic mass is 16.5. The predicted octanol–water partition coefficient (Wildman–Crippen LogP) is 0.769. The van der Waals surface area contributed by atoms with Crippen molar-refractivity contribution in [3.8, 4) is 0 Å². The Morgan fingerprint density at radius 1 is 1.48 bits per heavy atom. The number of nitrogens with zero attached hydrogens (tertiary/aromatic N) is 1. The predicted molar refractivity (Wildman–Crippen MR) is 82.8 cm³/mol. The summed E-state index contributed by atoms with van der Waals surface area (Å²) in [5.74, 6) is -0.295. The summed E-state index contributed by atoms with van der Waals surface area (Å²) in [6, 6.07) is 9.43. The lowest BCUT2D eigenvalue weighted by atomic mass is 9.94. The van der Waals surface area contributed by atoms with E-state index in [1.165, 1.54) is 0 Å². The van der Waals surface area contributed by atoms with Crippen molar-refractivity contribution in [2.75, 3.05) is 33.3 Å². The molecule has 5 nitrogen and oxygen atoms in total. The van der Waals surface area contributed by atoms with Crippen LogP contribution in [-0.2, 0) is 9.53 Å². The summed E-state index contributed by atoms with van der Waals surface area (Å²) >= 11 is 0. The third kappa shape index (κ3) is 4.52. The Bertz CT molecular complexity index is 452. The highest BCUT2D eigenvalue weighted by Gasteiger charge is 2.24. The largest absolute Gasteiger partial charge is 0.374 e. The molecular formula is C16H25N3O2. The van der Waals surface area contributed by atoms with Crippen LogP contribution in [0.2, 0.25) is 0 Å². The van der Waals surface area contributed by atoms with Crippen LogP contribution in [0.3, 0.4) is 0 Å². The summed E-state index contributed by atoms with van der Waals surface area (Å²) in [4.78, 5) is 14.4. The van der Waals surface area contributed by atoms with Crippen LogP contribution in [0.4, 0.5) is 0 Å². The van der Waals surface area contributed by atoms with Gasteiger partial charge in [0.25, 0.3) is 0 Å². The first-order valence-corrected chi connectivity index (χ1v) is 7.46. The van der Waals surface area contributed by atoms with E-state index < -0.39 is 0 Å². The minimum atomic E-state index is -0.291. The summed E-state index contributed by atoms with van der Waals surface area (Å²) in [6.45, 7) is 4.91. The second-order valence-corrected chi connectivity index (χ2v) is 5.73. The molecule has 0 radical (unpaired) electrons. The standard InChI is InChI=1S/C16H25N3O2/c1-12(15(17)13-6-4-3-5-7-13)16(20)18-10-14-11-19(2)8-9-21-14/h3-7,12,14-15H,8-11,17H2,1-2H3,(H,18,20). The second-order valence-electron chi connectivity index (χ2n) is 5.73. The van der Waals surface area contributed by atoms with E-state index in [1.807, 2.05) is 37.3 Å². The lowest BCUT2D eigenvalue weighted by molar-refractivity contribution is -0.126.